The molecule has 1 aromatic carbocycles. The first-order valence-corrected chi connectivity index (χ1v) is 8.04. The van der Waals surface area contributed by atoms with E-state index in [2.05, 4.69) is 31.4 Å². The summed E-state index contributed by atoms with van der Waals surface area (Å²) < 4.78 is 0. The molecule has 1 fully saturated rings. The lowest BCUT2D eigenvalue weighted by atomic mass is 9.63. The number of carbonyl (C=O) groups is 1. The molecule has 0 aliphatic heterocycles. The summed E-state index contributed by atoms with van der Waals surface area (Å²) in [6.45, 7) is 6.98. The number of anilines is 1. The third kappa shape index (κ3) is 4.62. The molecule has 0 spiro atoms. The molecule has 1 saturated carbocycles. The monoisotopic (exact) mass is 324 g/mol. The van der Waals surface area contributed by atoms with Crippen LogP contribution in [-0.4, -0.2) is 23.8 Å². The Kier molecular flexibility index (Phi) is 5.03. The van der Waals surface area contributed by atoms with Gasteiger partial charge in [0.15, 0.2) is 0 Å². The van der Waals surface area contributed by atoms with Crippen molar-refractivity contribution in [2.45, 2.75) is 46.1 Å². The van der Waals surface area contributed by atoms with Crippen LogP contribution in [0.15, 0.2) is 24.3 Å². The normalized spacial score (nSPS) is 27.2. The van der Waals surface area contributed by atoms with Crippen molar-refractivity contribution in [2.24, 2.45) is 10.8 Å². The standard InChI is InChI=1S/C17H25ClN2O2/c1-16(2)8-12(21)9-17(3,10-16)11-19-15(22)20-14-7-5-4-6-13(14)18/h4-7,12,21H,8-11H2,1-3H3,(H2,19,20,22)/t12-,17-/m0/s1. The second-order valence-electron chi connectivity index (χ2n) is 7.50. The maximum Gasteiger partial charge on any atom is 0.319 e. The van der Waals surface area contributed by atoms with E-state index in [-0.39, 0.29) is 23.0 Å². The van der Waals surface area contributed by atoms with Crippen molar-refractivity contribution in [3.05, 3.63) is 29.3 Å². The van der Waals surface area contributed by atoms with E-state index in [4.69, 9.17) is 11.6 Å². The van der Waals surface area contributed by atoms with Crippen molar-refractivity contribution >= 4 is 23.3 Å². The van der Waals surface area contributed by atoms with Crippen molar-refractivity contribution in [1.29, 1.82) is 0 Å². The van der Waals surface area contributed by atoms with Gasteiger partial charge in [0.05, 0.1) is 16.8 Å². The summed E-state index contributed by atoms with van der Waals surface area (Å²) in [6, 6.07) is 6.86. The zero-order chi connectivity index (χ0) is 16.4. The van der Waals surface area contributed by atoms with E-state index >= 15 is 0 Å². The van der Waals surface area contributed by atoms with Gasteiger partial charge in [-0.3, -0.25) is 0 Å². The quantitative estimate of drug-likeness (QED) is 0.785. The first-order chi connectivity index (χ1) is 10.2. The molecule has 0 radical (unpaired) electrons. The lowest BCUT2D eigenvalue weighted by Gasteiger charge is -2.45. The van der Waals surface area contributed by atoms with Gasteiger partial charge in [0.25, 0.3) is 0 Å². The van der Waals surface area contributed by atoms with Crippen LogP contribution in [0.25, 0.3) is 0 Å². The Hall–Kier alpha value is -1.26. The van der Waals surface area contributed by atoms with Crippen LogP contribution >= 0.6 is 11.6 Å². The molecule has 22 heavy (non-hydrogen) atoms. The Balaban J connectivity index is 1.92. The van der Waals surface area contributed by atoms with Crippen LogP contribution in [0.1, 0.15) is 40.0 Å². The fraction of sp³-hybridized carbons (Fsp3) is 0.588. The van der Waals surface area contributed by atoms with Crippen molar-refractivity contribution in [1.82, 2.24) is 5.32 Å². The molecule has 0 saturated heterocycles. The number of hydrogen-bond acceptors (Lipinski definition) is 2. The maximum atomic E-state index is 12.0. The SMILES string of the molecule is CC1(C)C[C@H](O)C[C@](C)(CNC(=O)Nc2ccccc2Cl)C1. The van der Waals surface area contributed by atoms with Gasteiger partial charge in [-0.1, -0.05) is 44.5 Å². The van der Waals surface area contributed by atoms with Crippen LogP contribution in [-0.2, 0) is 0 Å². The minimum Gasteiger partial charge on any atom is -0.393 e. The predicted molar refractivity (Wildman–Crippen MR) is 90.2 cm³/mol. The largest absolute Gasteiger partial charge is 0.393 e. The zero-order valence-electron chi connectivity index (χ0n) is 13.4. The fourth-order valence-electron chi connectivity index (χ4n) is 3.74. The lowest BCUT2D eigenvalue weighted by Crippen LogP contribution is -2.46. The molecule has 2 atom stereocenters. The number of nitrogens with one attached hydrogen (secondary N) is 2. The van der Waals surface area contributed by atoms with Crippen LogP contribution < -0.4 is 10.6 Å². The Labute approximate surface area is 137 Å². The summed E-state index contributed by atoms with van der Waals surface area (Å²) in [5.74, 6) is 0. The number of rotatable bonds is 3. The summed E-state index contributed by atoms with van der Waals surface area (Å²) in [4.78, 5) is 12.0. The molecule has 5 heteroatoms. The molecule has 1 aliphatic rings. The molecule has 0 heterocycles. The molecule has 1 aromatic rings. The van der Waals surface area contributed by atoms with E-state index < -0.39 is 0 Å². The molecule has 0 bridgehead atoms. The summed E-state index contributed by atoms with van der Waals surface area (Å²) in [6.07, 6.45) is 2.20. The summed E-state index contributed by atoms with van der Waals surface area (Å²) in [5, 5.41) is 16.2. The van der Waals surface area contributed by atoms with Gasteiger partial charge in [0.2, 0.25) is 0 Å². The van der Waals surface area contributed by atoms with Gasteiger partial charge >= 0.3 is 6.03 Å². The molecule has 3 N–H and O–H groups in total. The molecule has 0 aromatic heterocycles. The predicted octanol–water partition coefficient (Wildman–Crippen LogP) is 4.04. The van der Waals surface area contributed by atoms with Crippen molar-refractivity contribution in [3.63, 3.8) is 0 Å². The van der Waals surface area contributed by atoms with E-state index in [0.717, 1.165) is 12.8 Å². The van der Waals surface area contributed by atoms with E-state index in [1.807, 2.05) is 12.1 Å². The van der Waals surface area contributed by atoms with Crippen LogP contribution in [0.5, 0.6) is 0 Å². The number of aliphatic hydroxyl groups is 1. The zero-order valence-corrected chi connectivity index (χ0v) is 14.2. The number of amides is 2. The number of benzene rings is 1. The molecule has 122 valence electrons. The number of aliphatic hydroxyl groups excluding tert-OH is 1. The molecular weight excluding hydrogens is 300 g/mol. The molecule has 4 nitrogen and oxygen atoms in total. The Morgan fingerprint density at radius 2 is 2.00 bits per heavy atom. The molecule has 0 unspecified atom stereocenters. The highest BCUT2D eigenvalue weighted by molar-refractivity contribution is 6.33. The molecule has 2 amide bonds. The van der Waals surface area contributed by atoms with Gasteiger partial charge < -0.3 is 15.7 Å². The highest BCUT2D eigenvalue weighted by Crippen LogP contribution is 2.45. The highest BCUT2D eigenvalue weighted by atomic mass is 35.5. The maximum absolute atomic E-state index is 12.0. The van der Waals surface area contributed by atoms with Crippen molar-refractivity contribution in [2.75, 3.05) is 11.9 Å². The van der Waals surface area contributed by atoms with E-state index in [9.17, 15) is 9.90 Å². The average molecular weight is 325 g/mol. The third-order valence-electron chi connectivity index (χ3n) is 4.22. The number of para-hydroxylation sites is 1. The smallest absolute Gasteiger partial charge is 0.319 e. The van der Waals surface area contributed by atoms with Crippen LogP contribution in [0.3, 0.4) is 0 Å². The topological polar surface area (TPSA) is 61.4 Å². The van der Waals surface area contributed by atoms with Gasteiger partial charge in [-0.2, -0.15) is 0 Å². The third-order valence-corrected chi connectivity index (χ3v) is 4.55. The highest BCUT2D eigenvalue weighted by Gasteiger charge is 2.40. The molecule has 1 aliphatic carbocycles. The van der Waals surface area contributed by atoms with Crippen LogP contribution in [0.2, 0.25) is 5.02 Å². The van der Waals surface area contributed by atoms with Gasteiger partial charge in [0, 0.05) is 6.54 Å². The van der Waals surface area contributed by atoms with Crippen molar-refractivity contribution < 1.29 is 9.90 Å². The van der Waals surface area contributed by atoms with E-state index in [1.54, 1.807) is 12.1 Å². The fourth-order valence-corrected chi connectivity index (χ4v) is 3.92. The first kappa shape index (κ1) is 17.1. The second kappa shape index (κ2) is 6.47. The average Bonchev–Trinajstić information content (AvgIpc) is 2.36. The minimum atomic E-state index is -0.304. The van der Waals surface area contributed by atoms with Gasteiger partial charge in [0.1, 0.15) is 0 Å². The number of urea groups is 1. The van der Waals surface area contributed by atoms with E-state index in [0.29, 0.717) is 23.7 Å². The number of halogens is 1. The molecular formula is C17H25ClN2O2. The summed E-state index contributed by atoms with van der Waals surface area (Å²) in [5.41, 5.74) is 0.586. The van der Waals surface area contributed by atoms with Crippen molar-refractivity contribution in [3.8, 4) is 0 Å². The van der Waals surface area contributed by atoms with Crippen LogP contribution in [0.4, 0.5) is 10.5 Å². The summed E-state index contributed by atoms with van der Waals surface area (Å²) in [7, 11) is 0. The van der Waals surface area contributed by atoms with Crippen LogP contribution in [0, 0.1) is 10.8 Å². The number of carbonyl (C=O) groups excluding carboxylic acids is 1. The Morgan fingerprint density at radius 3 is 2.64 bits per heavy atom. The van der Waals surface area contributed by atoms with E-state index in [1.165, 1.54) is 0 Å². The lowest BCUT2D eigenvalue weighted by molar-refractivity contribution is -0.00744. The Bertz CT molecular complexity index is 547. The Morgan fingerprint density at radius 1 is 1.32 bits per heavy atom. The van der Waals surface area contributed by atoms with Gasteiger partial charge in [-0.25, -0.2) is 4.79 Å². The summed E-state index contributed by atoms with van der Waals surface area (Å²) >= 11 is 6.03. The van der Waals surface area contributed by atoms with Gasteiger partial charge in [-0.15, -0.1) is 0 Å². The minimum absolute atomic E-state index is 0.0906. The second-order valence-corrected chi connectivity index (χ2v) is 7.91. The van der Waals surface area contributed by atoms with Gasteiger partial charge in [-0.05, 0) is 42.2 Å². The molecule has 2 rings (SSSR count). The first-order valence-electron chi connectivity index (χ1n) is 7.67. The number of hydrogen-bond donors (Lipinski definition) is 3.